The van der Waals surface area contributed by atoms with Gasteiger partial charge in [0.1, 0.15) is 21.1 Å². The van der Waals surface area contributed by atoms with E-state index in [9.17, 15) is 22.2 Å². The summed E-state index contributed by atoms with van der Waals surface area (Å²) in [6.45, 7) is 4.97. The quantitative estimate of drug-likeness (QED) is 0.381. The molecular formula is C23H24F3N7O2S. The molecule has 13 heteroatoms. The van der Waals surface area contributed by atoms with Crippen molar-refractivity contribution >= 4 is 32.4 Å². The van der Waals surface area contributed by atoms with Crippen LogP contribution in [0.3, 0.4) is 0 Å². The van der Waals surface area contributed by atoms with Crippen molar-refractivity contribution in [3.8, 4) is 11.4 Å². The fraction of sp³-hybridized carbons (Fsp3) is 0.435. The maximum Gasteiger partial charge on any atom is 0.417 e. The van der Waals surface area contributed by atoms with Crippen LogP contribution in [0.2, 0.25) is 0 Å². The van der Waals surface area contributed by atoms with Gasteiger partial charge in [-0.15, -0.1) is 0 Å². The van der Waals surface area contributed by atoms with Crippen molar-refractivity contribution in [3.63, 3.8) is 0 Å². The third-order valence-corrected chi connectivity index (χ3v) is 8.34. The Balaban J connectivity index is 1.85. The van der Waals surface area contributed by atoms with Gasteiger partial charge in [-0.3, -0.25) is 4.79 Å². The molecular weight excluding hydrogens is 495 g/mol. The minimum Gasteiger partial charge on any atom is -0.312 e. The maximum absolute atomic E-state index is 14.2. The summed E-state index contributed by atoms with van der Waals surface area (Å²) < 4.78 is 61.3. The topological polar surface area (TPSA) is 107 Å². The molecule has 1 aliphatic carbocycles. The number of imidazole rings is 1. The van der Waals surface area contributed by atoms with E-state index in [-0.39, 0.29) is 39.2 Å². The zero-order valence-corrected chi connectivity index (χ0v) is 20.9. The summed E-state index contributed by atoms with van der Waals surface area (Å²) in [4.78, 5) is 25.4. The largest absolute Gasteiger partial charge is 0.417 e. The van der Waals surface area contributed by atoms with E-state index in [1.165, 1.54) is 4.57 Å². The number of pyridine rings is 1. The molecule has 0 aliphatic heterocycles. The van der Waals surface area contributed by atoms with Gasteiger partial charge in [0, 0.05) is 42.7 Å². The van der Waals surface area contributed by atoms with Crippen LogP contribution in [0.15, 0.2) is 33.9 Å². The first kappa shape index (κ1) is 24.3. The van der Waals surface area contributed by atoms with Gasteiger partial charge in [-0.2, -0.15) is 22.6 Å². The fourth-order valence-corrected chi connectivity index (χ4v) is 5.70. The molecule has 5 rings (SSSR count). The second-order valence-corrected chi connectivity index (χ2v) is 11.6. The summed E-state index contributed by atoms with van der Waals surface area (Å²) in [7, 11) is -1.74. The number of hydrogen-bond donors (Lipinski definition) is 0. The molecule has 1 amide bonds. The van der Waals surface area contributed by atoms with Crippen molar-refractivity contribution in [3.05, 3.63) is 35.8 Å². The second kappa shape index (κ2) is 8.36. The van der Waals surface area contributed by atoms with Gasteiger partial charge < -0.3 is 4.57 Å². The van der Waals surface area contributed by atoms with Crippen molar-refractivity contribution in [1.82, 2.24) is 29.1 Å². The van der Waals surface area contributed by atoms with Crippen LogP contribution in [-0.2, 0) is 27.7 Å². The number of fused-ring (bicyclic) bond motifs is 2. The van der Waals surface area contributed by atoms with E-state index in [0.29, 0.717) is 5.65 Å². The number of nitrogens with zero attached hydrogens (tertiary/aromatic N) is 7. The van der Waals surface area contributed by atoms with Crippen molar-refractivity contribution in [2.24, 2.45) is 17.3 Å². The van der Waals surface area contributed by atoms with Crippen LogP contribution in [0, 0.1) is 5.92 Å². The fourth-order valence-electron chi connectivity index (χ4n) is 4.00. The molecule has 1 fully saturated rings. The molecule has 0 saturated heterocycles. The first-order valence-corrected chi connectivity index (χ1v) is 13.2. The Bertz CT molecular complexity index is 1640. The molecule has 36 heavy (non-hydrogen) atoms. The third-order valence-electron chi connectivity index (χ3n) is 6.20. The van der Waals surface area contributed by atoms with E-state index in [1.807, 2.05) is 6.07 Å². The molecule has 4 aromatic rings. The summed E-state index contributed by atoms with van der Waals surface area (Å²) in [5, 5.41) is 4.69. The van der Waals surface area contributed by atoms with Crippen LogP contribution in [0.5, 0.6) is 0 Å². The van der Waals surface area contributed by atoms with E-state index in [0.717, 1.165) is 30.8 Å². The molecule has 1 aliphatic rings. The van der Waals surface area contributed by atoms with Gasteiger partial charge >= 0.3 is 6.18 Å². The van der Waals surface area contributed by atoms with E-state index in [2.05, 4.69) is 24.4 Å². The number of aryl methyl sites for hydroxylation is 1. The SMILES string of the molecule is CCS(=O)(=NC(=O)C(C)C)c1nn2c(C3CC3)ccnc2c1-c1nc2cc(C(F)(F)F)cnc2n1C. The second-order valence-electron chi connectivity index (χ2n) is 9.13. The highest BCUT2D eigenvalue weighted by Gasteiger charge is 2.34. The number of rotatable bonds is 5. The first-order valence-electron chi connectivity index (χ1n) is 11.5. The number of carbonyl (C=O) groups is 1. The van der Waals surface area contributed by atoms with E-state index in [1.54, 1.807) is 38.5 Å². The molecule has 4 heterocycles. The molecule has 0 aromatic carbocycles. The molecule has 1 atom stereocenters. The Kier molecular flexibility index (Phi) is 5.65. The van der Waals surface area contributed by atoms with Crippen LogP contribution in [0.25, 0.3) is 28.2 Å². The first-order chi connectivity index (χ1) is 16.9. The smallest absolute Gasteiger partial charge is 0.312 e. The van der Waals surface area contributed by atoms with Crippen LogP contribution < -0.4 is 0 Å². The van der Waals surface area contributed by atoms with Gasteiger partial charge in [-0.1, -0.05) is 20.8 Å². The summed E-state index contributed by atoms with van der Waals surface area (Å²) in [5.74, 6) is -0.544. The molecule has 9 nitrogen and oxygen atoms in total. The van der Waals surface area contributed by atoms with Gasteiger partial charge in [-0.25, -0.2) is 23.7 Å². The van der Waals surface area contributed by atoms with Crippen molar-refractivity contribution in [2.45, 2.75) is 50.7 Å². The summed E-state index contributed by atoms with van der Waals surface area (Å²) in [6.07, 6.45) is -0.272. The Labute approximate surface area is 204 Å². The minimum atomic E-state index is -4.58. The van der Waals surface area contributed by atoms with Gasteiger partial charge in [-0.05, 0) is 25.0 Å². The highest BCUT2D eigenvalue weighted by molar-refractivity contribution is 7.94. The molecule has 190 valence electrons. The monoisotopic (exact) mass is 519 g/mol. The molecule has 0 N–H and O–H groups in total. The zero-order chi connectivity index (χ0) is 26.0. The molecule has 1 unspecified atom stereocenters. The van der Waals surface area contributed by atoms with E-state index >= 15 is 0 Å². The van der Waals surface area contributed by atoms with E-state index < -0.39 is 33.3 Å². The molecule has 1 saturated carbocycles. The molecule has 4 aromatic heterocycles. The van der Waals surface area contributed by atoms with E-state index in [4.69, 9.17) is 0 Å². The number of halogens is 3. The highest BCUT2D eigenvalue weighted by atomic mass is 32.2. The van der Waals surface area contributed by atoms with Gasteiger partial charge in [0.15, 0.2) is 16.3 Å². The van der Waals surface area contributed by atoms with Crippen LogP contribution in [-0.4, -0.2) is 45.0 Å². The number of aromatic nitrogens is 6. The lowest BCUT2D eigenvalue weighted by Crippen LogP contribution is -2.13. The minimum absolute atomic E-state index is 0.00151. The van der Waals surface area contributed by atoms with Crippen molar-refractivity contribution in [1.29, 1.82) is 0 Å². The van der Waals surface area contributed by atoms with Crippen molar-refractivity contribution < 1.29 is 22.2 Å². The van der Waals surface area contributed by atoms with Gasteiger partial charge in [0.25, 0.3) is 5.91 Å². The van der Waals surface area contributed by atoms with Gasteiger partial charge in [0.05, 0.1) is 11.1 Å². The van der Waals surface area contributed by atoms with Crippen LogP contribution in [0.1, 0.15) is 50.8 Å². The lowest BCUT2D eigenvalue weighted by molar-refractivity contribution is -0.137. The third kappa shape index (κ3) is 3.94. The number of alkyl halides is 3. The Morgan fingerprint density at radius 2 is 1.97 bits per heavy atom. The maximum atomic E-state index is 14.2. The predicted octanol–water partition coefficient (Wildman–Crippen LogP) is 4.60. The number of hydrogen-bond acceptors (Lipinski definition) is 6. The van der Waals surface area contributed by atoms with Crippen LogP contribution >= 0.6 is 0 Å². The average Bonchev–Trinajstić information content (AvgIpc) is 3.52. The molecule has 0 radical (unpaired) electrons. The molecule has 0 spiro atoms. The lowest BCUT2D eigenvalue weighted by Gasteiger charge is -2.08. The Hall–Kier alpha value is -3.35. The highest BCUT2D eigenvalue weighted by Crippen LogP contribution is 2.42. The normalized spacial score (nSPS) is 16.1. The molecule has 0 bridgehead atoms. The lowest BCUT2D eigenvalue weighted by atomic mass is 10.2. The zero-order valence-electron chi connectivity index (χ0n) is 20.1. The summed E-state index contributed by atoms with van der Waals surface area (Å²) in [6, 6.07) is 2.76. The Morgan fingerprint density at radius 3 is 2.58 bits per heavy atom. The number of carbonyl (C=O) groups excluding carboxylic acids is 1. The number of amides is 1. The average molecular weight is 520 g/mol. The van der Waals surface area contributed by atoms with Crippen molar-refractivity contribution in [2.75, 3.05) is 5.75 Å². The van der Waals surface area contributed by atoms with Gasteiger partial charge in [0.2, 0.25) is 0 Å². The summed E-state index contributed by atoms with van der Waals surface area (Å²) in [5.41, 5.74) is 0.778. The standard InChI is InChI=1S/C23H24F3N7O2S/c1-5-36(35,31-21(34)12(2)3)22-17(19-27-9-8-16(13-6-7-13)33(19)30-22)20-29-15-10-14(23(24,25)26)11-28-18(15)32(20)4/h8-13H,5-7H2,1-4H3. The predicted molar refractivity (Wildman–Crippen MR) is 127 cm³/mol. The summed E-state index contributed by atoms with van der Waals surface area (Å²) >= 11 is 0. The Morgan fingerprint density at radius 1 is 1.25 bits per heavy atom. The van der Waals surface area contributed by atoms with Crippen LogP contribution in [0.4, 0.5) is 13.2 Å².